The summed E-state index contributed by atoms with van der Waals surface area (Å²) in [6.07, 6.45) is 3.50. The minimum absolute atomic E-state index is 0.592. The second-order valence-electron chi connectivity index (χ2n) is 7.51. The predicted octanol–water partition coefficient (Wildman–Crippen LogP) is 8.52. The van der Waals surface area contributed by atoms with Crippen molar-refractivity contribution in [3.8, 4) is 0 Å². The zero-order valence-corrected chi connectivity index (χ0v) is 24.7. The Morgan fingerprint density at radius 1 is 0.526 bits per heavy atom. The van der Waals surface area contributed by atoms with E-state index in [1.165, 1.54) is 21.6 Å². The molecule has 0 aliphatic heterocycles. The molecule has 190 valence electrons. The number of hydrazone groups is 2. The smallest absolute Gasteiger partial charge is 0.193 e. The van der Waals surface area contributed by atoms with Crippen molar-refractivity contribution in [2.24, 2.45) is 20.2 Å². The summed E-state index contributed by atoms with van der Waals surface area (Å²) in [5, 5.41) is 9.96. The molecule has 38 heavy (non-hydrogen) atoms. The lowest BCUT2D eigenvalue weighted by Gasteiger charge is -2.08. The first kappa shape index (κ1) is 27.8. The second-order valence-corrected chi connectivity index (χ2v) is 11.5. The van der Waals surface area contributed by atoms with Crippen LogP contribution in [0.25, 0.3) is 0 Å². The van der Waals surface area contributed by atoms with Gasteiger partial charge in [0, 0.05) is 8.95 Å². The number of para-hydroxylation sites is 2. The molecule has 4 rings (SSSR count). The predicted molar refractivity (Wildman–Crippen MR) is 172 cm³/mol. The number of amidine groups is 2. The first-order valence-electron chi connectivity index (χ1n) is 11.4. The van der Waals surface area contributed by atoms with Crippen molar-refractivity contribution < 1.29 is 0 Å². The molecule has 0 bridgehead atoms. The van der Waals surface area contributed by atoms with Gasteiger partial charge in [-0.25, -0.2) is 9.98 Å². The highest BCUT2D eigenvalue weighted by molar-refractivity contribution is 9.10. The highest BCUT2D eigenvalue weighted by atomic mass is 79.9. The van der Waals surface area contributed by atoms with Crippen LogP contribution in [0.5, 0.6) is 0 Å². The van der Waals surface area contributed by atoms with Crippen LogP contribution >= 0.6 is 53.4 Å². The van der Waals surface area contributed by atoms with E-state index in [2.05, 4.69) is 52.9 Å². The number of hydrogen-bond acceptors (Lipinski definition) is 6. The maximum atomic E-state index is 4.72. The molecular weight excluding hydrogens is 644 g/mol. The number of rotatable bonds is 6. The molecule has 0 aromatic heterocycles. The van der Waals surface area contributed by atoms with Gasteiger partial charge in [-0.2, -0.15) is 10.2 Å². The monoisotopic (exact) mass is 664 g/mol. The Morgan fingerprint density at radius 3 is 1.26 bits per heavy atom. The molecule has 0 atom stereocenters. The molecule has 0 aliphatic rings. The summed E-state index contributed by atoms with van der Waals surface area (Å²) in [6.45, 7) is 0. The highest BCUT2D eigenvalue weighted by Gasteiger charge is 2.07. The summed E-state index contributed by atoms with van der Waals surface area (Å²) >= 11 is 6.90. The van der Waals surface area contributed by atoms with Crippen LogP contribution in [0, 0.1) is 0 Å². The standard InChI is InChI=1S/C28H22Br2N6S2/c29-23-15-11-21(12-16-23)19-31-35-27(33-25-7-3-1-4-8-25)37-38-28(34-26-9-5-2-6-10-26)36-32-20-22-13-17-24(30)18-14-22/h1-20H,(H,33,35)(H,34,36)/b31-19+,32-20+. The Bertz CT molecular complexity index is 1300. The van der Waals surface area contributed by atoms with Crippen LogP contribution < -0.4 is 10.9 Å². The van der Waals surface area contributed by atoms with Crippen molar-refractivity contribution in [2.75, 3.05) is 0 Å². The molecule has 10 heteroatoms. The van der Waals surface area contributed by atoms with E-state index in [-0.39, 0.29) is 0 Å². The maximum absolute atomic E-state index is 4.72. The summed E-state index contributed by atoms with van der Waals surface area (Å²) in [7, 11) is 2.78. The second kappa shape index (κ2) is 15.3. The lowest BCUT2D eigenvalue weighted by molar-refractivity contribution is 1.05. The number of hydrogen-bond donors (Lipinski definition) is 2. The van der Waals surface area contributed by atoms with Gasteiger partial charge in [-0.3, -0.25) is 10.9 Å². The lowest BCUT2D eigenvalue weighted by Crippen LogP contribution is -2.16. The average molecular weight is 666 g/mol. The van der Waals surface area contributed by atoms with E-state index in [0.717, 1.165) is 31.4 Å². The molecule has 0 saturated carbocycles. The van der Waals surface area contributed by atoms with Crippen LogP contribution in [0.1, 0.15) is 11.1 Å². The first-order valence-corrected chi connectivity index (χ1v) is 15.1. The van der Waals surface area contributed by atoms with Crippen LogP contribution in [-0.2, 0) is 0 Å². The molecule has 0 amide bonds. The topological polar surface area (TPSA) is 73.5 Å². The van der Waals surface area contributed by atoms with Gasteiger partial charge in [-0.1, -0.05) is 92.5 Å². The van der Waals surface area contributed by atoms with Crippen LogP contribution in [0.4, 0.5) is 11.4 Å². The highest BCUT2D eigenvalue weighted by Crippen LogP contribution is 2.27. The van der Waals surface area contributed by atoms with E-state index in [1.54, 1.807) is 12.4 Å². The molecule has 2 N–H and O–H groups in total. The number of halogens is 2. The number of nitrogens with zero attached hydrogens (tertiary/aromatic N) is 4. The van der Waals surface area contributed by atoms with Crippen LogP contribution in [0.15, 0.2) is 138 Å². The van der Waals surface area contributed by atoms with E-state index in [0.29, 0.717) is 10.3 Å². The van der Waals surface area contributed by atoms with Gasteiger partial charge < -0.3 is 0 Å². The van der Waals surface area contributed by atoms with Crippen molar-refractivity contribution in [3.05, 3.63) is 129 Å². The van der Waals surface area contributed by atoms with E-state index < -0.39 is 0 Å². The number of nitrogens with one attached hydrogen (secondary N) is 2. The zero-order chi connectivity index (χ0) is 26.4. The van der Waals surface area contributed by atoms with Gasteiger partial charge in [-0.15, -0.1) is 0 Å². The summed E-state index contributed by atoms with van der Waals surface area (Å²) in [5.74, 6) is 0. The minimum atomic E-state index is 0.592. The summed E-state index contributed by atoms with van der Waals surface area (Å²) in [5.41, 5.74) is 9.67. The summed E-state index contributed by atoms with van der Waals surface area (Å²) < 4.78 is 2.03. The summed E-state index contributed by atoms with van der Waals surface area (Å²) in [6, 6.07) is 35.2. The summed E-state index contributed by atoms with van der Waals surface area (Å²) in [4.78, 5) is 9.44. The third-order valence-electron chi connectivity index (χ3n) is 4.66. The van der Waals surface area contributed by atoms with Gasteiger partial charge in [0.05, 0.1) is 23.8 Å². The van der Waals surface area contributed by atoms with Gasteiger partial charge in [-0.05, 0) is 81.2 Å². The lowest BCUT2D eigenvalue weighted by atomic mass is 10.2. The molecule has 0 spiro atoms. The Kier molecular flexibility index (Phi) is 11.2. The van der Waals surface area contributed by atoms with E-state index in [1.807, 2.05) is 109 Å². The molecule has 0 heterocycles. The van der Waals surface area contributed by atoms with Crippen molar-refractivity contribution in [2.45, 2.75) is 0 Å². The molecule has 0 radical (unpaired) electrons. The Morgan fingerprint density at radius 2 is 0.895 bits per heavy atom. The molecule has 4 aromatic rings. The minimum Gasteiger partial charge on any atom is -0.255 e. The largest absolute Gasteiger partial charge is 0.255 e. The van der Waals surface area contributed by atoms with E-state index in [9.17, 15) is 0 Å². The number of aliphatic imine (C=N–C) groups is 2. The van der Waals surface area contributed by atoms with Gasteiger partial charge in [0.15, 0.2) is 10.3 Å². The first-order chi connectivity index (χ1) is 18.6. The third-order valence-corrected chi connectivity index (χ3v) is 7.68. The fourth-order valence-corrected chi connectivity index (χ4v) is 4.94. The van der Waals surface area contributed by atoms with Crippen molar-refractivity contribution in [1.82, 2.24) is 10.9 Å². The average Bonchev–Trinajstić information content (AvgIpc) is 2.94. The zero-order valence-electron chi connectivity index (χ0n) is 19.9. The Labute approximate surface area is 246 Å². The maximum Gasteiger partial charge on any atom is 0.193 e. The Balaban J connectivity index is 1.50. The van der Waals surface area contributed by atoms with Crippen molar-refractivity contribution in [3.63, 3.8) is 0 Å². The molecule has 0 aliphatic carbocycles. The molecular formula is C28H22Br2N6S2. The van der Waals surface area contributed by atoms with Gasteiger partial charge >= 0.3 is 0 Å². The van der Waals surface area contributed by atoms with Gasteiger partial charge in [0.2, 0.25) is 0 Å². The van der Waals surface area contributed by atoms with Crippen molar-refractivity contribution >= 4 is 87.6 Å². The van der Waals surface area contributed by atoms with Gasteiger partial charge in [0.25, 0.3) is 0 Å². The molecule has 4 aromatic carbocycles. The van der Waals surface area contributed by atoms with Gasteiger partial charge in [0.1, 0.15) is 0 Å². The van der Waals surface area contributed by atoms with Crippen molar-refractivity contribution in [1.29, 1.82) is 0 Å². The fourth-order valence-electron chi connectivity index (χ4n) is 2.86. The fraction of sp³-hybridized carbons (Fsp3) is 0. The molecule has 6 nitrogen and oxygen atoms in total. The van der Waals surface area contributed by atoms with Crippen LogP contribution in [0.3, 0.4) is 0 Å². The van der Waals surface area contributed by atoms with Crippen LogP contribution in [0.2, 0.25) is 0 Å². The Hall–Kier alpha value is -3.18. The molecule has 0 saturated heterocycles. The number of benzene rings is 4. The van der Waals surface area contributed by atoms with Crippen LogP contribution in [-0.4, -0.2) is 22.8 Å². The quantitative estimate of drug-likeness (QED) is 0.0937. The molecule has 0 unspecified atom stereocenters. The van der Waals surface area contributed by atoms with E-state index >= 15 is 0 Å². The SMILES string of the molecule is Brc1ccc(/C=N/NC(=Nc2ccccc2)SSC(=Nc2ccccc2)N/N=C/c2ccc(Br)cc2)cc1. The normalized spacial score (nSPS) is 12.3. The van der Waals surface area contributed by atoms with E-state index in [4.69, 9.17) is 9.98 Å². The third kappa shape index (κ3) is 9.94. The molecule has 0 fully saturated rings.